The quantitative estimate of drug-likeness (QED) is 0.628. The van der Waals surface area contributed by atoms with Gasteiger partial charge in [0.15, 0.2) is 12.6 Å². The zero-order valence-electron chi connectivity index (χ0n) is 13.3. The van der Waals surface area contributed by atoms with Crippen LogP contribution in [0.3, 0.4) is 0 Å². The highest BCUT2D eigenvalue weighted by Crippen LogP contribution is 2.27. The van der Waals surface area contributed by atoms with Crippen LogP contribution in [0.2, 0.25) is 5.02 Å². The molecule has 0 aliphatic heterocycles. The number of hydrogen-bond donors (Lipinski definition) is 0. The van der Waals surface area contributed by atoms with Gasteiger partial charge in [-0.2, -0.15) is 0 Å². The predicted octanol–water partition coefficient (Wildman–Crippen LogP) is 4.32. The minimum Gasteiger partial charge on any atom is -0.324 e. The number of carbonyl (C=O) groups is 2. The summed E-state index contributed by atoms with van der Waals surface area (Å²) in [5, 5.41) is 1.44. The van der Waals surface area contributed by atoms with E-state index < -0.39 is 0 Å². The van der Waals surface area contributed by atoms with Gasteiger partial charge in [-0.05, 0) is 30.2 Å². The van der Waals surface area contributed by atoms with Crippen LogP contribution in [-0.2, 0) is 13.0 Å². The summed E-state index contributed by atoms with van der Waals surface area (Å²) >= 11 is 6.29. The number of fused-ring (bicyclic) bond motifs is 1. The van der Waals surface area contributed by atoms with Crippen molar-refractivity contribution in [1.82, 2.24) is 9.55 Å². The van der Waals surface area contributed by atoms with Crippen molar-refractivity contribution in [2.45, 2.75) is 26.3 Å². The van der Waals surface area contributed by atoms with Crippen molar-refractivity contribution in [3.63, 3.8) is 0 Å². The molecule has 0 radical (unpaired) electrons. The van der Waals surface area contributed by atoms with Crippen LogP contribution < -0.4 is 0 Å². The molecule has 1 aromatic carbocycles. The summed E-state index contributed by atoms with van der Waals surface area (Å²) in [6.45, 7) is 2.57. The molecule has 0 saturated carbocycles. The zero-order valence-corrected chi connectivity index (χ0v) is 14.1. The van der Waals surface area contributed by atoms with Crippen molar-refractivity contribution in [2.24, 2.45) is 0 Å². The second-order valence-corrected chi connectivity index (χ2v) is 6.04. The smallest absolute Gasteiger partial charge is 0.168 e. The Balaban J connectivity index is 2.26. The van der Waals surface area contributed by atoms with E-state index in [9.17, 15) is 9.59 Å². The van der Waals surface area contributed by atoms with Gasteiger partial charge < -0.3 is 4.57 Å². The molecule has 0 unspecified atom stereocenters. The second-order valence-electron chi connectivity index (χ2n) is 5.63. The highest BCUT2D eigenvalue weighted by Gasteiger charge is 2.18. The average Bonchev–Trinajstić information content (AvgIpc) is 2.89. The maximum atomic E-state index is 11.7. The summed E-state index contributed by atoms with van der Waals surface area (Å²) in [5.41, 5.74) is 3.51. The van der Waals surface area contributed by atoms with Crippen LogP contribution in [0.4, 0.5) is 0 Å². The molecule has 0 atom stereocenters. The number of halogens is 1. The molecule has 0 spiro atoms. The molecular formula is C19H17ClN2O2. The lowest BCUT2D eigenvalue weighted by Crippen LogP contribution is -2.07. The van der Waals surface area contributed by atoms with Gasteiger partial charge in [0.2, 0.25) is 0 Å². The van der Waals surface area contributed by atoms with Crippen molar-refractivity contribution < 1.29 is 9.59 Å². The molecular weight excluding hydrogens is 324 g/mol. The average molecular weight is 341 g/mol. The van der Waals surface area contributed by atoms with Gasteiger partial charge in [0, 0.05) is 21.7 Å². The predicted molar refractivity (Wildman–Crippen MR) is 95.1 cm³/mol. The van der Waals surface area contributed by atoms with Gasteiger partial charge >= 0.3 is 0 Å². The zero-order chi connectivity index (χ0) is 17.1. The van der Waals surface area contributed by atoms with E-state index in [1.807, 2.05) is 28.8 Å². The highest BCUT2D eigenvalue weighted by molar-refractivity contribution is 6.31. The number of aldehydes is 2. The maximum Gasteiger partial charge on any atom is 0.168 e. The summed E-state index contributed by atoms with van der Waals surface area (Å²) < 4.78 is 2.00. The monoisotopic (exact) mass is 340 g/mol. The topological polar surface area (TPSA) is 52.0 Å². The highest BCUT2D eigenvalue weighted by atomic mass is 35.5. The molecule has 0 bridgehead atoms. The van der Waals surface area contributed by atoms with Gasteiger partial charge in [-0.3, -0.25) is 9.59 Å². The first-order chi connectivity index (χ1) is 11.7. The third kappa shape index (κ3) is 2.85. The number of aromatic nitrogens is 2. The van der Waals surface area contributed by atoms with Crippen LogP contribution >= 0.6 is 11.6 Å². The third-order valence-electron chi connectivity index (χ3n) is 4.09. The fourth-order valence-corrected chi connectivity index (χ4v) is 3.17. The minimum absolute atomic E-state index is 0.348. The lowest BCUT2D eigenvalue weighted by Gasteiger charge is -2.11. The molecule has 3 aromatic rings. The summed E-state index contributed by atoms with van der Waals surface area (Å²) in [5.74, 6) is 0. The number of benzene rings is 1. The van der Waals surface area contributed by atoms with Gasteiger partial charge in [-0.1, -0.05) is 43.1 Å². The molecule has 0 aliphatic rings. The molecule has 0 saturated heterocycles. The molecule has 0 amide bonds. The summed E-state index contributed by atoms with van der Waals surface area (Å²) in [6.07, 6.45) is 3.25. The number of rotatable bonds is 6. The molecule has 0 fully saturated rings. The van der Waals surface area contributed by atoms with Crippen LogP contribution in [-0.4, -0.2) is 22.1 Å². The van der Waals surface area contributed by atoms with Crippen LogP contribution in [0.15, 0.2) is 36.4 Å². The van der Waals surface area contributed by atoms with Crippen molar-refractivity contribution in [3.05, 3.63) is 63.9 Å². The van der Waals surface area contributed by atoms with Crippen LogP contribution in [0.1, 0.15) is 45.4 Å². The van der Waals surface area contributed by atoms with E-state index in [-0.39, 0.29) is 0 Å². The van der Waals surface area contributed by atoms with E-state index in [0.29, 0.717) is 34.8 Å². The molecule has 2 aromatic heterocycles. The van der Waals surface area contributed by atoms with Gasteiger partial charge in [0.05, 0.1) is 6.54 Å². The van der Waals surface area contributed by atoms with E-state index in [0.717, 1.165) is 35.8 Å². The number of pyridine rings is 1. The van der Waals surface area contributed by atoms with Gasteiger partial charge in [-0.15, -0.1) is 0 Å². The first-order valence-corrected chi connectivity index (χ1v) is 8.23. The first-order valence-electron chi connectivity index (χ1n) is 7.85. The summed E-state index contributed by atoms with van der Waals surface area (Å²) in [4.78, 5) is 27.2. The molecule has 2 heterocycles. The Labute approximate surface area is 145 Å². The van der Waals surface area contributed by atoms with E-state index in [1.165, 1.54) is 0 Å². The molecule has 3 rings (SSSR count). The fourth-order valence-electron chi connectivity index (χ4n) is 2.98. The van der Waals surface area contributed by atoms with Gasteiger partial charge in [0.1, 0.15) is 11.3 Å². The molecule has 122 valence electrons. The molecule has 5 heteroatoms. The largest absolute Gasteiger partial charge is 0.324 e. The molecule has 0 aliphatic carbocycles. The Morgan fingerprint density at radius 2 is 1.92 bits per heavy atom. The van der Waals surface area contributed by atoms with Crippen molar-refractivity contribution in [2.75, 3.05) is 0 Å². The fraction of sp³-hybridized carbons (Fsp3) is 0.211. The van der Waals surface area contributed by atoms with Gasteiger partial charge in [0.25, 0.3) is 0 Å². The van der Waals surface area contributed by atoms with Crippen molar-refractivity contribution >= 4 is 35.2 Å². The van der Waals surface area contributed by atoms with Crippen molar-refractivity contribution in [3.8, 4) is 0 Å². The summed E-state index contributed by atoms with van der Waals surface area (Å²) in [6, 6.07) is 11.0. The minimum atomic E-state index is 0.348. The number of carbonyl (C=O) groups excluding carboxylic acids is 2. The van der Waals surface area contributed by atoms with E-state index >= 15 is 0 Å². The normalized spacial score (nSPS) is 10.9. The van der Waals surface area contributed by atoms with Crippen LogP contribution in [0, 0.1) is 0 Å². The molecule has 0 N–H and O–H groups in total. The lowest BCUT2D eigenvalue weighted by atomic mass is 10.1. The Morgan fingerprint density at radius 3 is 2.58 bits per heavy atom. The SMILES string of the molecule is CCCc1c(C=O)c2ccc(C=O)nc2n1Cc1ccccc1Cl. The van der Waals surface area contributed by atoms with Gasteiger partial charge in [-0.25, -0.2) is 4.98 Å². The summed E-state index contributed by atoms with van der Waals surface area (Å²) in [7, 11) is 0. The molecule has 24 heavy (non-hydrogen) atoms. The van der Waals surface area contributed by atoms with E-state index in [2.05, 4.69) is 11.9 Å². The number of hydrogen-bond acceptors (Lipinski definition) is 3. The van der Waals surface area contributed by atoms with E-state index in [4.69, 9.17) is 11.6 Å². The Bertz CT molecular complexity index is 915. The number of nitrogens with zero attached hydrogens (tertiary/aromatic N) is 2. The van der Waals surface area contributed by atoms with Crippen LogP contribution in [0.25, 0.3) is 11.0 Å². The van der Waals surface area contributed by atoms with Crippen molar-refractivity contribution in [1.29, 1.82) is 0 Å². The second kappa shape index (κ2) is 6.97. The Morgan fingerprint density at radius 1 is 1.12 bits per heavy atom. The molecule has 4 nitrogen and oxygen atoms in total. The van der Waals surface area contributed by atoms with E-state index in [1.54, 1.807) is 12.1 Å². The Hall–Kier alpha value is -2.46. The Kier molecular flexibility index (Phi) is 4.76. The maximum absolute atomic E-state index is 11.7. The third-order valence-corrected chi connectivity index (χ3v) is 4.46. The standard InChI is InChI=1S/C19H17ClN2O2/c1-2-5-18-16(12-24)15-9-8-14(11-23)21-19(15)22(18)10-13-6-3-4-7-17(13)20/h3-4,6-9,11-12H,2,5,10H2,1H3. The lowest BCUT2D eigenvalue weighted by molar-refractivity contribution is 0.111. The first kappa shape index (κ1) is 16.4. The van der Waals surface area contributed by atoms with Crippen LogP contribution in [0.5, 0.6) is 0 Å².